The van der Waals surface area contributed by atoms with Gasteiger partial charge in [0.15, 0.2) is 0 Å². The highest BCUT2D eigenvalue weighted by molar-refractivity contribution is 7.92. The SMILES string of the molecule is N#Cc1cc(Cl)cc(S(=O)(=O)Nc2cccc3ccccc23)c1. The van der Waals surface area contributed by atoms with Gasteiger partial charge in [-0.3, -0.25) is 4.72 Å². The van der Waals surface area contributed by atoms with Crippen molar-refractivity contribution in [2.24, 2.45) is 0 Å². The molecule has 3 rings (SSSR count). The van der Waals surface area contributed by atoms with Gasteiger partial charge in [0.05, 0.1) is 22.2 Å². The van der Waals surface area contributed by atoms with Crippen molar-refractivity contribution in [1.29, 1.82) is 5.26 Å². The second kappa shape index (κ2) is 5.92. The largest absolute Gasteiger partial charge is 0.279 e. The summed E-state index contributed by atoms with van der Waals surface area (Å²) in [5, 5.41) is 10.9. The minimum absolute atomic E-state index is 0.0468. The molecule has 0 radical (unpaired) electrons. The summed E-state index contributed by atoms with van der Waals surface area (Å²) in [5.41, 5.74) is 0.664. The van der Waals surface area contributed by atoms with E-state index in [1.165, 1.54) is 18.2 Å². The van der Waals surface area contributed by atoms with E-state index in [1.807, 2.05) is 36.4 Å². The Morgan fingerprint density at radius 3 is 2.52 bits per heavy atom. The maximum atomic E-state index is 12.6. The second-order valence-corrected chi connectivity index (χ2v) is 7.04. The van der Waals surface area contributed by atoms with E-state index in [2.05, 4.69) is 4.72 Å². The lowest BCUT2D eigenvalue weighted by molar-refractivity contribution is 0.601. The van der Waals surface area contributed by atoms with Crippen molar-refractivity contribution in [2.45, 2.75) is 4.90 Å². The highest BCUT2D eigenvalue weighted by Gasteiger charge is 2.17. The lowest BCUT2D eigenvalue weighted by Crippen LogP contribution is -2.13. The van der Waals surface area contributed by atoms with Gasteiger partial charge in [-0.1, -0.05) is 48.0 Å². The molecule has 1 N–H and O–H groups in total. The number of halogens is 1. The van der Waals surface area contributed by atoms with E-state index in [4.69, 9.17) is 16.9 Å². The minimum atomic E-state index is -3.85. The molecule has 0 aromatic heterocycles. The molecule has 23 heavy (non-hydrogen) atoms. The van der Waals surface area contributed by atoms with Crippen LogP contribution >= 0.6 is 11.6 Å². The van der Waals surface area contributed by atoms with Crippen LogP contribution in [0.5, 0.6) is 0 Å². The zero-order valence-corrected chi connectivity index (χ0v) is 13.4. The first kappa shape index (κ1) is 15.3. The minimum Gasteiger partial charge on any atom is -0.279 e. The number of nitriles is 1. The lowest BCUT2D eigenvalue weighted by atomic mass is 10.1. The topological polar surface area (TPSA) is 70.0 Å². The van der Waals surface area contributed by atoms with Crippen molar-refractivity contribution in [2.75, 3.05) is 4.72 Å². The molecule has 0 bridgehead atoms. The van der Waals surface area contributed by atoms with Crippen LogP contribution in [0.15, 0.2) is 65.6 Å². The number of benzene rings is 3. The number of hydrogen-bond acceptors (Lipinski definition) is 3. The maximum absolute atomic E-state index is 12.6. The summed E-state index contributed by atoms with van der Waals surface area (Å²) in [7, 11) is -3.85. The van der Waals surface area contributed by atoms with Gasteiger partial charge in [-0.25, -0.2) is 8.42 Å². The van der Waals surface area contributed by atoms with Crippen LogP contribution in [0.2, 0.25) is 5.02 Å². The summed E-state index contributed by atoms with van der Waals surface area (Å²) in [6.07, 6.45) is 0. The number of nitrogens with one attached hydrogen (secondary N) is 1. The second-order valence-electron chi connectivity index (χ2n) is 4.92. The normalized spacial score (nSPS) is 11.1. The van der Waals surface area contributed by atoms with Crippen LogP contribution in [0.1, 0.15) is 5.56 Å². The van der Waals surface area contributed by atoms with Gasteiger partial charge < -0.3 is 0 Å². The molecule has 0 fully saturated rings. The van der Waals surface area contributed by atoms with Crippen LogP contribution in [0.3, 0.4) is 0 Å². The van der Waals surface area contributed by atoms with Gasteiger partial charge in [-0.2, -0.15) is 5.26 Å². The van der Waals surface area contributed by atoms with Gasteiger partial charge in [-0.05, 0) is 29.7 Å². The van der Waals surface area contributed by atoms with E-state index < -0.39 is 10.0 Å². The number of sulfonamides is 1. The first-order valence-corrected chi connectivity index (χ1v) is 8.57. The molecule has 3 aromatic rings. The Morgan fingerprint density at radius 1 is 1.00 bits per heavy atom. The molecule has 3 aromatic carbocycles. The molecule has 4 nitrogen and oxygen atoms in total. The summed E-state index contributed by atoms with van der Waals surface area (Å²) in [6.45, 7) is 0. The maximum Gasteiger partial charge on any atom is 0.262 e. The third-order valence-corrected chi connectivity index (χ3v) is 4.91. The summed E-state index contributed by atoms with van der Waals surface area (Å²) >= 11 is 5.89. The molecule has 0 aliphatic carbocycles. The Balaban J connectivity index is 2.08. The van der Waals surface area contributed by atoms with Gasteiger partial charge in [0.25, 0.3) is 10.0 Å². The molecule has 0 unspecified atom stereocenters. The number of rotatable bonds is 3. The molecule has 0 atom stereocenters. The highest BCUT2D eigenvalue weighted by atomic mass is 35.5. The number of hydrogen-bond donors (Lipinski definition) is 1. The highest BCUT2D eigenvalue weighted by Crippen LogP contribution is 2.26. The average molecular weight is 343 g/mol. The Hall–Kier alpha value is -2.55. The third kappa shape index (κ3) is 3.14. The standard InChI is InChI=1S/C17H11ClN2O2S/c18-14-8-12(11-19)9-15(10-14)23(21,22)20-17-7-3-5-13-4-1-2-6-16(13)17/h1-10,20H. The Kier molecular flexibility index (Phi) is 3.95. The summed E-state index contributed by atoms with van der Waals surface area (Å²) in [6, 6.07) is 18.8. The van der Waals surface area contributed by atoms with Gasteiger partial charge in [-0.15, -0.1) is 0 Å². The van der Waals surface area contributed by atoms with E-state index in [0.717, 1.165) is 10.8 Å². The zero-order chi connectivity index (χ0) is 16.4. The fourth-order valence-electron chi connectivity index (χ4n) is 2.30. The molecule has 0 aliphatic rings. The van der Waals surface area contributed by atoms with Gasteiger partial charge in [0.2, 0.25) is 0 Å². The lowest BCUT2D eigenvalue weighted by Gasteiger charge is -2.11. The summed E-state index contributed by atoms with van der Waals surface area (Å²) in [5.74, 6) is 0. The van der Waals surface area contributed by atoms with Crippen LogP contribution < -0.4 is 4.72 Å². The van der Waals surface area contributed by atoms with Gasteiger partial charge in [0, 0.05) is 10.4 Å². The van der Waals surface area contributed by atoms with Crippen LogP contribution in [-0.4, -0.2) is 8.42 Å². The fourth-order valence-corrected chi connectivity index (χ4v) is 3.75. The Morgan fingerprint density at radius 2 is 1.74 bits per heavy atom. The first-order chi connectivity index (χ1) is 11.0. The molecule has 0 saturated carbocycles. The molecule has 0 saturated heterocycles. The van der Waals surface area contributed by atoms with Gasteiger partial charge >= 0.3 is 0 Å². The molecule has 114 valence electrons. The molecule has 6 heteroatoms. The van der Waals surface area contributed by atoms with Crippen molar-refractivity contribution in [3.8, 4) is 6.07 Å². The molecule has 0 spiro atoms. The van der Waals surface area contributed by atoms with Crippen LogP contribution in [0, 0.1) is 11.3 Å². The number of nitrogens with zero attached hydrogens (tertiary/aromatic N) is 1. The van der Waals surface area contributed by atoms with E-state index in [0.29, 0.717) is 5.69 Å². The van der Waals surface area contributed by atoms with Crippen molar-refractivity contribution >= 4 is 38.1 Å². The summed E-state index contributed by atoms with van der Waals surface area (Å²) in [4.78, 5) is -0.0468. The fraction of sp³-hybridized carbons (Fsp3) is 0. The molecule has 0 amide bonds. The Bertz CT molecular complexity index is 1030. The van der Waals surface area contributed by atoms with E-state index in [-0.39, 0.29) is 15.5 Å². The molecular weight excluding hydrogens is 332 g/mol. The van der Waals surface area contributed by atoms with Crippen molar-refractivity contribution in [3.63, 3.8) is 0 Å². The molecular formula is C17H11ClN2O2S. The van der Waals surface area contributed by atoms with E-state index in [1.54, 1.807) is 12.1 Å². The molecule has 0 heterocycles. The monoisotopic (exact) mass is 342 g/mol. The first-order valence-electron chi connectivity index (χ1n) is 6.71. The Labute approximate surface area is 139 Å². The van der Waals surface area contributed by atoms with E-state index >= 15 is 0 Å². The number of fused-ring (bicyclic) bond motifs is 1. The quantitative estimate of drug-likeness (QED) is 0.776. The van der Waals surface area contributed by atoms with Crippen molar-refractivity contribution < 1.29 is 8.42 Å². The summed E-state index contributed by atoms with van der Waals surface area (Å²) < 4.78 is 27.7. The predicted molar refractivity (Wildman–Crippen MR) is 90.9 cm³/mol. The third-order valence-electron chi connectivity index (χ3n) is 3.34. The van der Waals surface area contributed by atoms with Crippen LogP contribution in [0.25, 0.3) is 10.8 Å². The molecule has 0 aliphatic heterocycles. The van der Waals surface area contributed by atoms with Crippen molar-refractivity contribution in [1.82, 2.24) is 0 Å². The zero-order valence-electron chi connectivity index (χ0n) is 11.8. The smallest absolute Gasteiger partial charge is 0.262 e. The van der Waals surface area contributed by atoms with E-state index in [9.17, 15) is 8.42 Å². The van der Waals surface area contributed by atoms with Gasteiger partial charge in [0.1, 0.15) is 0 Å². The van der Waals surface area contributed by atoms with Crippen LogP contribution in [-0.2, 0) is 10.0 Å². The van der Waals surface area contributed by atoms with Crippen LogP contribution in [0.4, 0.5) is 5.69 Å². The number of anilines is 1. The van der Waals surface area contributed by atoms with Crippen molar-refractivity contribution in [3.05, 3.63) is 71.2 Å². The predicted octanol–water partition coefficient (Wildman–Crippen LogP) is 4.17. The average Bonchev–Trinajstić information content (AvgIpc) is 2.54.